The van der Waals surface area contributed by atoms with Crippen LogP contribution in [0, 0.1) is 25.2 Å². The molecule has 1 rings (SSSR count). The van der Waals surface area contributed by atoms with Crippen molar-refractivity contribution >= 4 is 5.69 Å². The summed E-state index contributed by atoms with van der Waals surface area (Å²) in [7, 11) is 0. The number of anilines is 1. The van der Waals surface area contributed by atoms with Gasteiger partial charge in [-0.1, -0.05) is 13.3 Å². The van der Waals surface area contributed by atoms with Crippen LogP contribution in [0.5, 0.6) is 0 Å². The molecule has 0 bridgehead atoms. The van der Waals surface area contributed by atoms with Crippen molar-refractivity contribution in [2.45, 2.75) is 33.6 Å². The SMILES string of the molecule is CCCCN(CCO)c1cc(C)nc(C)c1C#N. The third-order valence-electron chi connectivity index (χ3n) is 2.91. The number of rotatable bonds is 6. The normalized spacial score (nSPS) is 10.2. The summed E-state index contributed by atoms with van der Waals surface area (Å²) in [6, 6.07) is 4.15. The maximum atomic E-state index is 9.25. The molecule has 1 aromatic heterocycles. The van der Waals surface area contributed by atoms with Crippen molar-refractivity contribution in [2.24, 2.45) is 0 Å². The molecule has 98 valence electrons. The van der Waals surface area contributed by atoms with Crippen molar-refractivity contribution in [3.8, 4) is 6.07 Å². The average Bonchev–Trinajstić information content (AvgIpc) is 2.33. The standard InChI is InChI=1S/C14H21N3O/c1-4-5-6-17(7-8-18)14-9-11(2)16-12(3)13(14)10-15/h9,18H,4-8H2,1-3H3. The second-order valence-corrected chi connectivity index (χ2v) is 4.42. The molecule has 0 unspecified atom stereocenters. The number of pyridine rings is 1. The molecule has 0 radical (unpaired) electrons. The molecular weight excluding hydrogens is 226 g/mol. The molecule has 0 spiro atoms. The average molecular weight is 247 g/mol. The van der Waals surface area contributed by atoms with Crippen molar-refractivity contribution in [3.63, 3.8) is 0 Å². The van der Waals surface area contributed by atoms with Crippen LogP contribution in [-0.2, 0) is 0 Å². The molecule has 0 fully saturated rings. The minimum Gasteiger partial charge on any atom is -0.395 e. The van der Waals surface area contributed by atoms with Crippen LogP contribution < -0.4 is 4.90 Å². The number of unbranched alkanes of at least 4 members (excludes halogenated alkanes) is 1. The van der Waals surface area contributed by atoms with Gasteiger partial charge in [0.1, 0.15) is 6.07 Å². The Kier molecular flexibility index (Phi) is 5.60. The van der Waals surface area contributed by atoms with Gasteiger partial charge in [0, 0.05) is 18.8 Å². The fraction of sp³-hybridized carbons (Fsp3) is 0.571. The van der Waals surface area contributed by atoms with E-state index in [-0.39, 0.29) is 6.61 Å². The summed E-state index contributed by atoms with van der Waals surface area (Å²) in [5, 5.41) is 18.4. The van der Waals surface area contributed by atoms with E-state index < -0.39 is 0 Å². The van der Waals surface area contributed by atoms with Gasteiger partial charge in [-0.25, -0.2) is 0 Å². The van der Waals surface area contributed by atoms with Crippen LogP contribution >= 0.6 is 0 Å². The Morgan fingerprint density at radius 1 is 1.39 bits per heavy atom. The highest BCUT2D eigenvalue weighted by Crippen LogP contribution is 2.23. The molecule has 18 heavy (non-hydrogen) atoms. The van der Waals surface area contributed by atoms with Crippen molar-refractivity contribution in [1.82, 2.24) is 4.98 Å². The number of aryl methyl sites for hydroxylation is 2. The van der Waals surface area contributed by atoms with Gasteiger partial charge in [0.2, 0.25) is 0 Å². The Morgan fingerprint density at radius 2 is 2.11 bits per heavy atom. The van der Waals surface area contributed by atoms with E-state index >= 15 is 0 Å². The van der Waals surface area contributed by atoms with Crippen LogP contribution in [-0.4, -0.2) is 29.8 Å². The minimum absolute atomic E-state index is 0.0923. The Hall–Kier alpha value is -1.60. The molecule has 0 atom stereocenters. The number of nitriles is 1. The predicted molar refractivity (Wildman–Crippen MR) is 72.6 cm³/mol. The first kappa shape index (κ1) is 14.5. The zero-order valence-corrected chi connectivity index (χ0v) is 11.4. The van der Waals surface area contributed by atoms with Gasteiger partial charge < -0.3 is 10.0 Å². The van der Waals surface area contributed by atoms with E-state index in [9.17, 15) is 5.26 Å². The van der Waals surface area contributed by atoms with Crippen LogP contribution in [0.15, 0.2) is 6.07 Å². The van der Waals surface area contributed by atoms with Gasteiger partial charge in [-0.15, -0.1) is 0 Å². The molecule has 0 amide bonds. The highest BCUT2D eigenvalue weighted by atomic mass is 16.3. The fourth-order valence-corrected chi connectivity index (χ4v) is 2.02. The molecule has 0 aliphatic heterocycles. The van der Waals surface area contributed by atoms with Gasteiger partial charge in [-0.3, -0.25) is 4.98 Å². The van der Waals surface area contributed by atoms with E-state index in [0.29, 0.717) is 12.1 Å². The molecule has 0 saturated carbocycles. The van der Waals surface area contributed by atoms with Gasteiger partial charge in [-0.2, -0.15) is 5.26 Å². The van der Waals surface area contributed by atoms with Crippen molar-refractivity contribution in [1.29, 1.82) is 5.26 Å². The maximum Gasteiger partial charge on any atom is 0.103 e. The molecular formula is C14H21N3O. The summed E-state index contributed by atoms with van der Waals surface area (Å²) >= 11 is 0. The van der Waals surface area contributed by atoms with Crippen molar-refractivity contribution in [3.05, 3.63) is 23.0 Å². The number of aromatic nitrogens is 1. The van der Waals surface area contributed by atoms with E-state index in [0.717, 1.165) is 36.5 Å². The minimum atomic E-state index is 0.0923. The molecule has 0 saturated heterocycles. The first-order chi connectivity index (χ1) is 8.63. The first-order valence-corrected chi connectivity index (χ1v) is 6.38. The molecule has 4 heteroatoms. The largest absolute Gasteiger partial charge is 0.395 e. The number of nitrogens with zero attached hydrogens (tertiary/aromatic N) is 3. The molecule has 1 aromatic rings. The number of aliphatic hydroxyl groups excluding tert-OH is 1. The van der Waals surface area contributed by atoms with Gasteiger partial charge in [0.15, 0.2) is 0 Å². The zero-order valence-electron chi connectivity index (χ0n) is 11.4. The lowest BCUT2D eigenvalue weighted by atomic mass is 10.1. The van der Waals surface area contributed by atoms with E-state index in [1.807, 2.05) is 19.9 Å². The van der Waals surface area contributed by atoms with Gasteiger partial charge in [0.25, 0.3) is 0 Å². The second kappa shape index (κ2) is 6.97. The summed E-state index contributed by atoms with van der Waals surface area (Å²) in [5.41, 5.74) is 3.17. The summed E-state index contributed by atoms with van der Waals surface area (Å²) in [4.78, 5) is 6.39. The molecule has 0 aliphatic rings. The number of aliphatic hydroxyl groups is 1. The fourth-order valence-electron chi connectivity index (χ4n) is 2.02. The molecule has 0 aliphatic carbocycles. The lowest BCUT2D eigenvalue weighted by molar-refractivity contribution is 0.301. The topological polar surface area (TPSA) is 60.1 Å². The van der Waals surface area contributed by atoms with E-state index in [4.69, 9.17) is 5.11 Å². The maximum absolute atomic E-state index is 9.25. The van der Waals surface area contributed by atoms with Crippen LogP contribution in [0.25, 0.3) is 0 Å². The molecule has 1 N–H and O–H groups in total. The van der Waals surface area contributed by atoms with E-state index in [2.05, 4.69) is 22.9 Å². The number of hydrogen-bond acceptors (Lipinski definition) is 4. The molecule has 1 heterocycles. The van der Waals surface area contributed by atoms with Crippen molar-refractivity contribution < 1.29 is 5.11 Å². The van der Waals surface area contributed by atoms with Crippen molar-refractivity contribution in [2.75, 3.05) is 24.6 Å². The van der Waals surface area contributed by atoms with Gasteiger partial charge in [-0.05, 0) is 26.3 Å². The van der Waals surface area contributed by atoms with E-state index in [1.54, 1.807) is 0 Å². The smallest absolute Gasteiger partial charge is 0.103 e. The molecule has 0 aromatic carbocycles. The summed E-state index contributed by atoms with van der Waals surface area (Å²) in [6.45, 7) is 7.41. The highest BCUT2D eigenvalue weighted by molar-refractivity contribution is 5.61. The van der Waals surface area contributed by atoms with Crippen LogP contribution in [0.1, 0.15) is 36.7 Å². The Labute approximate surface area is 109 Å². The van der Waals surface area contributed by atoms with Crippen LogP contribution in [0.3, 0.4) is 0 Å². The van der Waals surface area contributed by atoms with Crippen LogP contribution in [0.4, 0.5) is 5.69 Å². The quantitative estimate of drug-likeness (QED) is 0.837. The Morgan fingerprint density at radius 3 is 2.67 bits per heavy atom. The Bertz CT molecular complexity index is 437. The molecule has 4 nitrogen and oxygen atoms in total. The third-order valence-corrected chi connectivity index (χ3v) is 2.91. The Balaban J connectivity index is 3.13. The number of hydrogen-bond donors (Lipinski definition) is 1. The highest BCUT2D eigenvalue weighted by Gasteiger charge is 2.14. The van der Waals surface area contributed by atoms with Gasteiger partial charge in [0.05, 0.1) is 23.6 Å². The summed E-state index contributed by atoms with van der Waals surface area (Å²) < 4.78 is 0. The van der Waals surface area contributed by atoms with Gasteiger partial charge >= 0.3 is 0 Å². The summed E-state index contributed by atoms with van der Waals surface area (Å²) in [5.74, 6) is 0. The second-order valence-electron chi connectivity index (χ2n) is 4.42. The zero-order chi connectivity index (χ0) is 13.5. The van der Waals surface area contributed by atoms with E-state index in [1.165, 1.54) is 0 Å². The predicted octanol–water partition coefficient (Wildman–Crippen LogP) is 2.17. The monoisotopic (exact) mass is 247 g/mol. The first-order valence-electron chi connectivity index (χ1n) is 6.38. The van der Waals surface area contributed by atoms with Crippen LogP contribution in [0.2, 0.25) is 0 Å². The summed E-state index contributed by atoms with van der Waals surface area (Å²) in [6.07, 6.45) is 2.14. The lowest BCUT2D eigenvalue weighted by Gasteiger charge is -2.25. The third kappa shape index (κ3) is 3.44. The lowest BCUT2D eigenvalue weighted by Crippen LogP contribution is -2.29.